The van der Waals surface area contributed by atoms with Crippen LogP contribution in [-0.2, 0) is 10.9 Å². The normalized spacial score (nSPS) is 12.9. The van der Waals surface area contributed by atoms with Gasteiger partial charge in [0.1, 0.15) is 11.5 Å². The van der Waals surface area contributed by atoms with Gasteiger partial charge >= 0.3 is 0 Å². The van der Waals surface area contributed by atoms with Crippen molar-refractivity contribution in [3.05, 3.63) is 35.4 Å². The molecule has 0 saturated carbocycles. The summed E-state index contributed by atoms with van der Waals surface area (Å²) in [6.45, 7) is 11.0. The predicted octanol–water partition coefficient (Wildman–Crippen LogP) is 5.42. The molecule has 0 amide bonds. The Kier molecular flexibility index (Phi) is 8.85. The van der Waals surface area contributed by atoms with E-state index in [1.54, 1.807) is 0 Å². The molecule has 0 fully saturated rings. The fourth-order valence-electron chi connectivity index (χ4n) is 2.74. The number of Topliss-reactive ketones (excluding diaryl/α,β-unsaturated/α-hetero) is 1. The summed E-state index contributed by atoms with van der Waals surface area (Å²) < 4.78 is 0. The van der Waals surface area contributed by atoms with Gasteiger partial charge in [-0.2, -0.15) is 0 Å². The maximum atomic E-state index is 13.1. The van der Waals surface area contributed by atoms with Crippen molar-refractivity contribution in [2.24, 2.45) is 5.92 Å². The Morgan fingerprint density at radius 2 is 1.50 bits per heavy atom. The van der Waals surface area contributed by atoms with Crippen molar-refractivity contribution < 1.29 is 4.79 Å². The minimum absolute atomic E-state index is 0.195. The van der Waals surface area contributed by atoms with E-state index < -0.39 is 0 Å². The van der Waals surface area contributed by atoms with E-state index in [1.807, 2.05) is 12.1 Å². The van der Waals surface area contributed by atoms with Crippen molar-refractivity contribution in [2.45, 2.75) is 65.6 Å². The molecule has 0 radical (unpaired) electrons. The third-order valence-electron chi connectivity index (χ3n) is 4.08. The van der Waals surface area contributed by atoms with Gasteiger partial charge in [0.25, 0.3) is 0 Å². The number of unbranched alkanes of at least 4 members (excludes halogenated alkanes) is 2. The van der Waals surface area contributed by atoms with Crippen LogP contribution in [0.15, 0.2) is 24.3 Å². The van der Waals surface area contributed by atoms with E-state index in [0.717, 1.165) is 5.56 Å². The topological polar surface area (TPSA) is 17.1 Å². The molecular formula is C20H33OS+. The van der Waals surface area contributed by atoms with Crippen LogP contribution in [0.2, 0.25) is 0 Å². The molecule has 0 aliphatic rings. The van der Waals surface area contributed by atoms with Crippen molar-refractivity contribution in [1.82, 2.24) is 0 Å². The zero-order valence-electron chi connectivity index (χ0n) is 15.0. The first-order chi connectivity index (χ1) is 10.5. The molecule has 1 rings (SSSR count). The fourth-order valence-corrected chi connectivity index (χ4v) is 5.98. The molecule has 22 heavy (non-hydrogen) atoms. The fraction of sp³-hybridized carbons (Fsp3) is 0.650. The Morgan fingerprint density at radius 3 is 1.91 bits per heavy atom. The summed E-state index contributed by atoms with van der Waals surface area (Å²) in [6.07, 6.45) is 4.94. The molecule has 0 heterocycles. The second-order valence-electron chi connectivity index (χ2n) is 6.55. The monoisotopic (exact) mass is 321 g/mol. The second-order valence-corrected chi connectivity index (χ2v) is 8.95. The van der Waals surface area contributed by atoms with Gasteiger partial charge in [-0.05, 0) is 30.7 Å². The van der Waals surface area contributed by atoms with Crippen molar-refractivity contribution in [1.29, 1.82) is 0 Å². The number of benzene rings is 1. The maximum Gasteiger partial charge on any atom is 0.215 e. The lowest BCUT2D eigenvalue weighted by atomic mass is 10.00. The summed E-state index contributed by atoms with van der Waals surface area (Å²) in [7, 11) is 0.222. The van der Waals surface area contributed by atoms with Gasteiger partial charge in [0, 0.05) is 11.5 Å². The first-order valence-electron chi connectivity index (χ1n) is 8.78. The Labute approximate surface area is 140 Å². The molecule has 1 aromatic rings. The number of aryl methyl sites for hydroxylation is 1. The number of carbonyl (C=O) groups excluding carboxylic acids is 1. The Balaban J connectivity index is 2.95. The van der Waals surface area contributed by atoms with Crippen LogP contribution in [0.25, 0.3) is 0 Å². The third kappa shape index (κ3) is 5.79. The molecule has 1 atom stereocenters. The smallest absolute Gasteiger partial charge is 0.215 e. The maximum absolute atomic E-state index is 13.1. The average Bonchev–Trinajstić information content (AvgIpc) is 2.49. The van der Waals surface area contributed by atoms with E-state index in [9.17, 15) is 4.79 Å². The molecule has 0 bridgehead atoms. The number of hydrogen-bond acceptors (Lipinski definition) is 1. The van der Waals surface area contributed by atoms with Gasteiger partial charge in [-0.25, -0.2) is 0 Å². The molecule has 1 nitrogen and oxygen atoms in total. The first kappa shape index (κ1) is 19.3. The van der Waals surface area contributed by atoms with Gasteiger partial charge in [-0.3, -0.25) is 4.79 Å². The zero-order valence-corrected chi connectivity index (χ0v) is 15.8. The molecule has 2 heteroatoms. The summed E-state index contributed by atoms with van der Waals surface area (Å²) in [4.78, 5) is 13.1. The largest absolute Gasteiger partial charge is 0.288 e. The van der Waals surface area contributed by atoms with Crippen molar-refractivity contribution >= 4 is 16.7 Å². The Hall–Kier alpha value is -0.760. The molecule has 0 aliphatic heterocycles. The molecule has 124 valence electrons. The zero-order chi connectivity index (χ0) is 16.5. The van der Waals surface area contributed by atoms with Crippen LogP contribution in [0.5, 0.6) is 0 Å². The van der Waals surface area contributed by atoms with E-state index in [1.165, 1.54) is 42.8 Å². The van der Waals surface area contributed by atoms with Crippen LogP contribution in [-0.4, -0.2) is 22.5 Å². The number of carbonyl (C=O) groups is 1. The van der Waals surface area contributed by atoms with Gasteiger partial charge < -0.3 is 0 Å². The van der Waals surface area contributed by atoms with Crippen molar-refractivity contribution in [3.8, 4) is 0 Å². The van der Waals surface area contributed by atoms with Gasteiger partial charge in [-0.15, -0.1) is 0 Å². The van der Waals surface area contributed by atoms with Crippen LogP contribution in [0.1, 0.15) is 69.3 Å². The van der Waals surface area contributed by atoms with Crippen LogP contribution >= 0.6 is 0 Å². The van der Waals surface area contributed by atoms with Gasteiger partial charge in [-0.1, -0.05) is 70.4 Å². The van der Waals surface area contributed by atoms with Crippen molar-refractivity contribution in [2.75, 3.05) is 11.5 Å². The van der Waals surface area contributed by atoms with E-state index in [0.29, 0.717) is 11.7 Å². The van der Waals surface area contributed by atoms with Crippen LogP contribution in [0, 0.1) is 12.8 Å². The van der Waals surface area contributed by atoms with E-state index in [2.05, 4.69) is 46.8 Å². The summed E-state index contributed by atoms with van der Waals surface area (Å²) >= 11 is 0. The van der Waals surface area contributed by atoms with Crippen LogP contribution in [0.4, 0.5) is 0 Å². The summed E-state index contributed by atoms with van der Waals surface area (Å²) in [5.41, 5.74) is 2.11. The molecule has 0 N–H and O–H groups in total. The summed E-state index contributed by atoms with van der Waals surface area (Å²) in [5.74, 6) is 3.23. The number of hydrogen-bond donors (Lipinski definition) is 0. The molecule has 1 unspecified atom stereocenters. The van der Waals surface area contributed by atoms with E-state index in [4.69, 9.17) is 0 Å². The number of ketones is 1. The summed E-state index contributed by atoms with van der Waals surface area (Å²) in [5, 5.41) is 0.195. The van der Waals surface area contributed by atoms with Gasteiger partial charge in [0.05, 0.1) is 0 Å². The minimum Gasteiger partial charge on any atom is -0.288 e. The van der Waals surface area contributed by atoms with E-state index >= 15 is 0 Å². The highest BCUT2D eigenvalue weighted by atomic mass is 32.2. The Bertz CT molecular complexity index is 428. The molecule has 0 aliphatic carbocycles. The SMILES string of the molecule is CCCC[S+](CCCC)C(C(=O)c1ccc(C)cc1)C(C)C. The highest BCUT2D eigenvalue weighted by molar-refractivity contribution is 7.98. The van der Waals surface area contributed by atoms with Crippen LogP contribution < -0.4 is 0 Å². The standard InChI is InChI=1S/C20H33OS/c1-6-8-14-22(15-9-7-2)20(16(3)4)19(21)18-12-10-17(5)11-13-18/h10-13,16,20H,6-9,14-15H2,1-5H3/q+1. The van der Waals surface area contributed by atoms with Gasteiger partial charge in [0.2, 0.25) is 5.78 Å². The van der Waals surface area contributed by atoms with Gasteiger partial charge in [0.15, 0.2) is 5.25 Å². The van der Waals surface area contributed by atoms with Crippen LogP contribution in [0.3, 0.4) is 0 Å². The Morgan fingerprint density at radius 1 is 1.00 bits per heavy atom. The predicted molar refractivity (Wildman–Crippen MR) is 101 cm³/mol. The quantitative estimate of drug-likeness (QED) is 0.415. The lowest BCUT2D eigenvalue weighted by molar-refractivity contribution is 0.0974. The van der Waals surface area contributed by atoms with Crippen molar-refractivity contribution in [3.63, 3.8) is 0 Å². The lowest BCUT2D eigenvalue weighted by Gasteiger charge is -2.22. The average molecular weight is 322 g/mol. The number of rotatable bonds is 10. The first-order valence-corrected chi connectivity index (χ1v) is 10.4. The molecule has 0 spiro atoms. The second kappa shape index (κ2) is 10.1. The molecule has 0 saturated heterocycles. The lowest BCUT2D eigenvalue weighted by Crippen LogP contribution is -2.38. The molecule has 0 aromatic heterocycles. The minimum atomic E-state index is 0.195. The summed E-state index contributed by atoms with van der Waals surface area (Å²) in [6, 6.07) is 8.13. The highest BCUT2D eigenvalue weighted by Gasteiger charge is 2.38. The molecule has 1 aromatic carbocycles. The van der Waals surface area contributed by atoms with E-state index in [-0.39, 0.29) is 16.1 Å². The highest BCUT2D eigenvalue weighted by Crippen LogP contribution is 2.23. The third-order valence-corrected chi connectivity index (χ3v) is 7.18. The molecular weight excluding hydrogens is 288 g/mol.